The number of hydrogen-bond donors (Lipinski definition) is 8. The van der Waals surface area contributed by atoms with Crippen LogP contribution in [0, 0.1) is 5.92 Å². The van der Waals surface area contributed by atoms with Gasteiger partial charge in [0.15, 0.2) is 12.6 Å². The molecule has 12 nitrogen and oxygen atoms in total. The molecule has 2 aliphatic heterocycles. The fraction of sp³-hybridized carbons (Fsp3) is 0.714. The van der Waals surface area contributed by atoms with E-state index in [1.54, 1.807) is 24.3 Å². The first-order valence-electron chi connectivity index (χ1n) is 10.6. The molecule has 2 aliphatic rings. The largest absolute Gasteiger partial charge is 0.497 e. The zero-order chi connectivity index (χ0) is 24.3. The lowest BCUT2D eigenvalue weighted by atomic mass is 9.85. The molecule has 33 heavy (non-hydrogen) atoms. The molecule has 2 heterocycles. The average Bonchev–Trinajstić information content (AvgIpc) is 2.83. The highest BCUT2D eigenvalue weighted by Crippen LogP contribution is 2.35. The van der Waals surface area contributed by atoms with Gasteiger partial charge in [0.05, 0.1) is 32.5 Å². The number of benzene rings is 1. The molecule has 11 atom stereocenters. The van der Waals surface area contributed by atoms with Gasteiger partial charge in [-0.05, 0) is 24.1 Å². The fourth-order valence-electron chi connectivity index (χ4n) is 4.12. The quantitative estimate of drug-likeness (QED) is 0.189. The molecule has 0 saturated carbocycles. The summed E-state index contributed by atoms with van der Waals surface area (Å²) in [5, 5.41) is 81.0. The lowest BCUT2D eigenvalue weighted by Gasteiger charge is -2.46. The van der Waals surface area contributed by atoms with E-state index in [0.29, 0.717) is 11.3 Å². The smallest absolute Gasteiger partial charge is 0.187 e. The Hall–Kier alpha value is -1.42. The summed E-state index contributed by atoms with van der Waals surface area (Å²) in [6.07, 6.45) is -14.7. The molecule has 0 bridgehead atoms. The van der Waals surface area contributed by atoms with E-state index in [0.717, 1.165) is 0 Å². The lowest BCUT2D eigenvalue weighted by molar-refractivity contribution is -0.351. The van der Waals surface area contributed by atoms with Crippen molar-refractivity contribution in [1.82, 2.24) is 0 Å². The molecule has 8 N–H and O–H groups in total. The number of rotatable bonds is 8. The van der Waals surface area contributed by atoms with Crippen LogP contribution in [0.4, 0.5) is 0 Å². The van der Waals surface area contributed by atoms with Crippen LogP contribution < -0.4 is 4.74 Å². The van der Waals surface area contributed by atoms with E-state index < -0.39 is 80.5 Å². The summed E-state index contributed by atoms with van der Waals surface area (Å²) in [5.41, 5.74) is 0.505. The summed E-state index contributed by atoms with van der Waals surface area (Å²) in [6.45, 7) is -1.34. The molecule has 0 aromatic heterocycles. The van der Waals surface area contributed by atoms with Crippen LogP contribution in [-0.4, -0.2) is 116 Å². The van der Waals surface area contributed by atoms with Crippen molar-refractivity contribution < 1.29 is 59.8 Å². The second-order valence-electron chi connectivity index (χ2n) is 8.22. The molecule has 1 aromatic rings. The minimum Gasteiger partial charge on any atom is -0.497 e. The van der Waals surface area contributed by atoms with Gasteiger partial charge in [0, 0.05) is 5.92 Å². The summed E-state index contributed by atoms with van der Waals surface area (Å²) < 4.78 is 21.4. The van der Waals surface area contributed by atoms with Gasteiger partial charge in [-0.25, -0.2) is 0 Å². The van der Waals surface area contributed by atoms with Gasteiger partial charge in [-0.15, -0.1) is 0 Å². The van der Waals surface area contributed by atoms with Crippen LogP contribution >= 0.6 is 0 Å². The zero-order valence-electron chi connectivity index (χ0n) is 18.0. The van der Waals surface area contributed by atoms with Crippen molar-refractivity contribution in [3.8, 4) is 5.75 Å². The monoisotopic (exact) mass is 476 g/mol. The number of aliphatic hydroxyl groups is 8. The first-order chi connectivity index (χ1) is 15.7. The van der Waals surface area contributed by atoms with Crippen LogP contribution in [0.1, 0.15) is 18.1 Å². The Morgan fingerprint density at radius 3 is 2.06 bits per heavy atom. The van der Waals surface area contributed by atoms with Crippen molar-refractivity contribution >= 4 is 0 Å². The van der Waals surface area contributed by atoms with Crippen LogP contribution in [0.2, 0.25) is 0 Å². The predicted molar refractivity (Wildman–Crippen MR) is 109 cm³/mol. The molecule has 3 rings (SSSR count). The second-order valence-corrected chi connectivity index (χ2v) is 8.22. The van der Waals surface area contributed by atoms with E-state index in [1.807, 2.05) is 0 Å². The minimum atomic E-state index is -1.73. The number of ether oxygens (including phenoxy) is 4. The molecule has 2 fully saturated rings. The standard InChI is InChI=1S/C21H32O12/c1-30-10-4-2-9(3-5-10)12(24)6-11-15(25)19(14(8-23)31-20(11)29)33-21-18(28)17(27)16(26)13(7-22)32-21/h2-5,11-29H,6-8H2,1H3/t11-,12?,13-,14-,15-,16+,17+,18-,19-,20+,21+/m1/s1. The number of methoxy groups -OCH3 is 1. The van der Waals surface area contributed by atoms with E-state index in [4.69, 9.17) is 18.9 Å². The van der Waals surface area contributed by atoms with Crippen molar-refractivity contribution in [2.75, 3.05) is 20.3 Å². The van der Waals surface area contributed by atoms with Gasteiger partial charge in [0.1, 0.15) is 42.4 Å². The third kappa shape index (κ3) is 5.63. The second kappa shape index (κ2) is 11.3. The molecular weight excluding hydrogens is 444 g/mol. The third-order valence-electron chi connectivity index (χ3n) is 6.14. The highest BCUT2D eigenvalue weighted by molar-refractivity contribution is 5.28. The molecule has 188 valence electrons. The van der Waals surface area contributed by atoms with Crippen LogP contribution in [0.15, 0.2) is 24.3 Å². The van der Waals surface area contributed by atoms with E-state index >= 15 is 0 Å². The van der Waals surface area contributed by atoms with E-state index in [9.17, 15) is 40.9 Å². The molecule has 2 saturated heterocycles. The van der Waals surface area contributed by atoms with Crippen molar-refractivity contribution in [2.45, 2.75) is 67.8 Å². The lowest BCUT2D eigenvalue weighted by Crippen LogP contribution is -2.63. The molecular formula is C21H32O12. The fourth-order valence-corrected chi connectivity index (χ4v) is 4.12. The van der Waals surface area contributed by atoms with Crippen LogP contribution in [0.3, 0.4) is 0 Å². The maximum Gasteiger partial charge on any atom is 0.187 e. The highest BCUT2D eigenvalue weighted by atomic mass is 16.7. The average molecular weight is 476 g/mol. The van der Waals surface area contributed by atoms with Crippen molar-refractivity contribution in [3.63, 3.8) is 0 Å². The Labute approximate surface area is 190 Å². The normalized spacial score (nSPS) is 40.4. The Morgan fingerprint density at radius 2 is 1.48 bits per heavy atom. The van der Waals surface area contributed by atoms with E-state index in [1.165, 1.54) is 7.11 Å². The van der Waals surface area contributed by atoms with Gasteiger partial charge < -0.3 is 59.8 Å². The van der Waals surface area contributed by atoms with Crippen LogP contribution in [0.25, 0.3) is 0 Å². The van der Waals surface area contributed by atoms with E-state index in [-0.39, 0.29) is 6.42 Å². The summed E-state index contributed by atoms with van der Waals surface area (Å²) in [7, 11) is 1.50. The third-order valence-corrected chi connectivity index (χ3v) is 6.14. The first-order valence-corrected chi connectivity index (χ1v) is 10.6. The number of hydrogen-bond acceptors (Lipinski definition) is 12. The maximum absolute atomic E-state index is 10.9. The van der Waals surface area contributed by atoms with Crippen molar-refractivity contribution in [3.05, 3.63) is 29.8 Å². The molecule has 0 aliphatic carbocycles. The molecule has 1 unspecified atom stereocenters. The van der Waals surface area contributed by atoms with Crippen LogP contribution in [0.5, 0.6) is 5.75 Å². The Bertz CT molecular complexity index is 730. The Balaban J connectivity index is 1.74. The Kier molecular flexibility index (Phi) is 9.00. The van der Waals surface area contributed by atoms with Gasteiger partial charge in [0.2, 0.25) is 0 Å². The predicted octanol–water partition coefficient (Wildman–Crippen LogP) is -3.01. The Morgan fingerprint density at radius 1 is 0.848 bits per heavy atom. The summed E-state index contributed by atoms with van der Waals surface area (Å²) in [5.74, 6) is -0.467. The van der Waals surface area contributed by atoms with Gasteiger partial charge in [0.25, 0.3) is 0 Å². The number of aliphatic hydroxyl groups excluding tert-OH is 8. The van der Waals surface area contributed by atoms with Gasteiger partial charge in [-0.3, -0.25) is 0 Å². The summed E-state index contributed by atoms with van der Waals surface area (Å²) >= 11 is 0. The van der Waals surface area contributed by atoms with Gasteiger partial charge in [-0.2, -0.15) is 0 Å². The topological polar surface area (TPSA) is 199 Å². The zero-order valence-corrected chi connectivity index (χ0v) is 18.0. The molecule has 1 aromatic carbocycles. The molecule has 12 heteroatoms. The molecule has 0 radical (unpaired) electrons. The van der Waals surface area contributed by atoms with Gasteiger partial charge >= 0.3 is 0 Å². The van der Waals surface area contributed by atoms with Gasteiger partial charge in [-0.1, -0.05) is 12.1 Å². The van der Waals surface area contributed by atoms with Crippen LogP contribution in [-0.2, 0) is 14.2 Å². The summed E-state index contributed by atoms with van der Waals surface area (Å²) in [4.78, 5) is 0. The van der Waals surface area contributed by atoms with Crippen molar-refractivity contribution in [2.24, 2.45) is 5.92 Å². The highest BCUT2D eigenvalue weighted by Gasteiger charge is 2.50. The minimum absolute atomic E-state index is 0.138. The molecule has 0 amide bonds. The first kappa shape index (κ1) is 26.2. The maximum atomic E-state index is 10.9. The van der Waals surface area contributed by atoms with Crippen molar-refractivity contribution in [1.29, 1.82) is 0 Å². The molecule has 0 spiro atoms. The SMILES string of the molecule is COc1ccc(C(O)C[C@@H]2[C@@H](O)[C@H](O[C@@H]3O[C@H](CO)[C@H](O)[C@H](O)[C@H]3O)[C@@H](CO)O[C@@H]2O)cc1. The summed E-state index contributed by atoms with van der Waals surface area (Å²) in [6, 6.07) is 6.56. The van der Waals surface area contributed by atoms with E-state index in [2.05, 4.69) is 0 Å².